The maximum Gasteiger partial charge on any atom is 0.328 e. The first-order valence-electron chi connectivity index (χ1n) is 4.65. The minimum absolute atomic E-state index is 0.00123. The van der Waals surface area contributed by atoms with Crippen LogP contribution in [0, 0.1) is 6.92 Å². The van der Waals surface area contributed by atoms with Crippen molar-refractivity contribution in [3.8, 4) is 11.8 Å². The van der Waals surface area contributed by atoms with Crippen LogP contribution >= 0.6 is 27.5 Å². The van der Waals surface area contributed by atoms with E-state index in [9.17, 15) is 0 Å². The van der Waals surface area contributed by atoms with Crippen molar-refractivity contribution in [2.45, 2.75) is 6.92 Å². The summed E-state index contributed by atoms with van der Waals surface area (Å²) in [7, 11) is 0. The first kappa shape index (κ1) is 12.1. The lowest BCUT2D eigenvalue weighted by Gasteiger charge is -2.05. The molecule has 2 rings (SSSR count). The van der Waals surface area contributed by atoms with Crippen LogP contribution in [0.3, 0.4) is 0 Å². The molecule has 1 aromatic carbocycles. The number of anilines is 1. The summed E-state index contributed by atoms with van der Waals surface area (Å²) in [5.74, 6) is 0.626. The highest BCUT2D eigenvalue weighted by Gasteiger charge is 2.06. The molecule has 7 heteroatoms. The van der Waals surface area contributed by atoms with Crippen LogP contribution in [0.25, 0.3) is 0 Å². The summed E-state index contributed by atoms with van der Waals surface area (Å²) in [5, 5.41) is 0.00123. The van der Waals surface area contributed by atoms with Crippen molar-refractivity contribution in [1.29, 1.82) is 0 Å². The molecule has 1 aromatic heterocycles. The van der Waals surface area contributed by atoms with E-state index in [-0.39, 0.29) is 17.2 Å². The topological polar surface area (TPSA) is 73.9 Å². The van der Waals surface area contributed by atoms with Gasteiger partial charge in [-0.3, -0.25) is 0 Å². The van der Waals surface area contributed by atoms with Crippen molar-refractivity contribution in [2.24, 2.45) is 0 Å². The number of halogens is 2. The van der Waals surface area contributed by atoms with E-state index in [0.717, 1.165) is 10.0 Å². The molecule has 0 aliphatic carbocycles. The predicted molar refractivity (Wildman–Crippen MR) is 68.2 cm³/mol. The lowest BCUT2D eigenvalue weighted by molar-refractivity contribution is 0.440. The largest absolute Gasteiger partial charge is 0.424 e. The highest BCUT2D eigenvalue weighted by molar-refractivity contribution is 9.10. The number of aryl methyl sites for hydroxylation is 1. The Morgan fingerprint density at radius 3 is 2.71 bits per heavy atom. The Bertz CT molecular complexity index is 544. The Hall–Kier alpha value is -1.40. The number of ether oxygens (including phenoxy) is 1. The Kier molecular flexibility index (Phi) is 3.44. The quantitative estimate of drug-likeness (QED) is 0.922. The van der Waals surface area contributed by atoms with Crippen LogP contribution in [0.1, 0.15) is 5.56 Å². The van der Waals surface area contributed by atoms with Gasteiger partial charge in [0.05, 0.1) is 0 Å². The highest BCUT2D eigenvalue weighted by atomic mass is 79.9. The highest BCUT2D eigenvalue weighted by Crippen LogP contribution is 2.24. The van der Waals surface area contributed by atoms with Gasteiger partial charge in [-0.05, 0) is 42.3 Å². The molecule has 1 heterocycles. The molecule has 2 aromatic rings. The summed E-state index contributed by atoms with van der Waals surface area (Å²) < 4.78 is 6.43. The van der Waals surface area contributed by atoms with Gasteiger partial charge < -0.3 is 10.5 Å². The average Bonchev–Trinajstić information content (AvgIpc) is 2.22. The van der Waals surface area contributed by atoms with E-state index in [1.807, 2.05) is 19.1 Å². The molecule has 2 N–H and O–H groups in total. The van der Waals surface area contributed by atoms with Crippen molar-refractivity contribution in [3.63, 3.8) is 0 Å². The van der Waals surface area contributed by atoms with E-state index in [1.54, 1.807) is 6.07 Å². The zero-order chi connectivity index (χ0) is 12.4. The third-order valence-electron chi connectivity index (χ3n) is 1.94. The second-order valence-electron chi connectivity index (χ2n) is 3.26. The molecule has 0 aliphatic heterocycles. The van der Waals surface area contributed by atoms with Gasteiger partial charge >= 0.3 is 6.01 Å². The normalized spacial score (nSPS) is 10.3. The molecule has 0 saturated carbocycles. The smallest absolute Gasteiger partial charge is 0.328 e. The number of nitrogens with zero attached hydrogens (tertiary/aromatic N) is 3. The molecular formula is C10H8BrClN4O. The van der Waals surface area contributed by atoms with Gasteiger partial charge in [0, 0.05) is 4.47 Å². The molecule has 0 aliphatic rings. The second-order valence-corrected chi connectivity index (χ2v) is 4.45. The maximum absolute atomic E-state index is 5.64. The van der Waals surface area contributed by atoms with Crippen LogP contribution in [0.5, 0.6) is 11.8 Å². The van der Waals surface area contributed by atoms with Gasteiger partial charge in [-0.2, -0.15) is 15.0 Å². The van der Waals surface area contributed by atoms with Crippen molar-refractivity contribution in [3.05, 3.63) is 33.5 Å². The SMILES string of the molecule is Cc1cc(Oc2nc(N)nc(Cl)n2)ccc1Br. The van der Waals surface area contributed by atoms with Gasteiger partial charge in [0.25, 0.3) is 0 Å². The summed E-state index contributed by atoms with van der Waals surface area (Å²) in [6.45, 7) is 1.95. The Balaban J connectivity index is 2.28. The summed E-state index contributed by atoms with van der Waals surface area (Å²) >= 11 is 9.04. The third-order valence-corrected chi connectivity index (χ3v) is 3.00. The molecule has 0 bridgehead atoms. The summed E-state index contributed by atoms with van der Waals surface area (Å²) in [5.41, 5.74) is 6.47. The molecule has 0 fully saturated rings. The van der Waals surface area contributed by atoms with E-state index < -0.39 is 0 Å². The number of hydrogen-bond acceptors (Lipinski definition) is 5. The van der Waals surface area contributed by atoms with Crippen LogP contribution in [0.2, 0.25) is 5.28 Å². The molecule has 0 atom stereocenters. The monoisotopic (exact) mass is 314 g/mol. The van der Waals surface area contributed by atoms with Gasteiger partial charge in [-0.15, -0.1) is 0 Å². The molecule has 0 amide bonds. The fourth-order valence-electron chi connectivity index (χ4n) is 1.18. The molecule has 5 nitrogen and oxygen atoms in total. The lowest BCUT2D eigenvalue weighted by Crippen LogP contribution is -2.00. The standard InChI is InChI=1S/C10H8BrClN4O/c1-5-4-6(2-3-7(5)11)17-10-15-8(12)14-9(13)16-10/h2-4H,1H3,(H2,13,14,15,16). The molecule has 88 valence electrons. The van der Waals surface area contributed by atoms with Crippen molar-refractivity contribution in [2.75, 3.05) is 5.73 Å². The van der Waals surface area contributed by atoms with Gasteiger partial charge in [-0.25, -0.2) is 0 Å². The average molecular weight is 316 g/mol. The maximum atomic E-state index is 5.64. The van der Waals surface area contributed by atoms with Crippen molar-refractivity contribution < 1.29 is 4.74 Å². The number of aromatic nitrogens is 3. The Labute approximate surface area is 111 Å². The number of nitrogens with two attached hydrogens (primary N) is 1. The van der Waals surface area contributed by atoms with Crippen LogP contribution < -0.4 is 10.5 Å². The van der Waals surface area contributed by atoms with Gasteiger partial charge in [0.15, 0.2) is 0 Å². The first-order valence-corrected chi connectivity index (χ1v) is 5.83. The molecule has 0 saturated heterocycles. The number of rotatable bonds is 2. The molecular weight excluding hydrogens is 307 g/mol. The summed E-state index contributed by atoms with van der Waals surface area (Å²) in [6, 6.07) is 5.57. The van der Waals surface area contributed by atoms with E-state index in [1.165, 1.54) is 0 Å². The molecule has 17 heavy (non-hydrogen) atoms. The Morgan fingerprint density at radius 1 is 1.29 bits per heavy atom. The minimum atomic E-state index is 0.00123. The number of benzene rings is 1. The van der Waals surface area contributed by atoms with E-state index in [4.69, 9.17) is 22.1 Å². The fourth-order valence-corrected chi connectivity index (χ4v) is 1.58. The molecule has 0 radical (unpaired) electrons. The minimum Gasteiger partial charge on any atom is -0.424 e. The second kappa shape index (κ2) is 4.85. The van der Waals surface area contributed by atoms with Crippen LogP contribution in [-0.2, 0) is 0 Å². The molecule has 0 unspecified atom stereocenters. The van der Waals surface area contributed by atoms with Crippen molar-refractivity contribution in [1.82, 2.24) is 15.0 Å². The van der Waals surface area contributed by atoms with Crippen LogP contribution in [0.4, 0.5) is 5.95 Å². The Morgan fingerprint density at radius 2 is 2.06 bits per heavy atom. The summed E-state index contributed by atoms with van der Waals surface area (Å²) in [6.07, 6.45) is 0. The van der Waals surface area contributed by atoms with Crippen molar-refractivity contribution >= 4 is 33.5 Å². The van der Waals surface area contributed by atoms with Gasteiger partial charge in [-0.1, -0.05) is 15.9 Å². The van der Waals surface area contributed by atoms with E-state index in [0.29, 0.717) is 5.75 Å². The fraction of sp³-hybridized carbons (Fsp3) is 0.100. The third kappa shape index (κ3) is 3.04. The molecule has 0 spiro atoms. The zero-order valence-corrected chi connectivity index (χ0v) is 11.2. The van der Waals surface area contributed by atoms with E-state index >= 15 is 0 Å². The van der Waals surface area contributed by atoms with Crippen LogP contribution in [-0.4, -0.2) is 15.0 Å². The van der Waals surface area contributed by atoms with Gasteiger partial charge in [0.2, 0.25) is 11.2 Å². The lowest BCUT2D eigenvalue weighted by atomic mass is 10.2. The predicted octanol–water partition coefficient (Wildman–Crippen LogP) is 2.97. The summed E-state index contributed by atoms with van der Waals surface area (Å²) in [4.78, 5) is 11.3. The zero-order valence-electron chi connectivity index (χ0n) is 8.82. The number of nitrogen functional groups attached to an aromatic ring is 1. The first-order chi connectivity index (χ1) is 8.04. The number of hydrogen-bond donors (Lipinski definition) is 1. The van der Waals surface area contributed by atoms with E-state index in [2.05, 4.69) is 30.9 Å². The van der Waals surface area contributed by atoms with Crippen LogP contribution in [0.15, 0.2) is 22.7 Å². The van der Waals surface area contributed by atoms with Gasteiger partial charge in [0.1, 0.15) is 5.75 Å².